The van der Waals surface area contributed by atoms with Crippen LogP contribution in [0.5, 0.6) is 0 Å². The van der Waals surface area contributed by atoms with Crippen LogP contribution in [0.3, 0.4) is 0 Å². The second kappa shape index (κ2) is 15.9. The van der Waals surface area contributed by atoms with Crippen molar-refractivity contribution in [1.82, 2.24) is 9.88 Å². The molecule has 0 unspecified atom stereocenters. The third-order valence-corrected chi connectivity index (χ3v) is 6.10. The van der Waals surface area contributed by atoms with Crippen molar-refractivity contribution in [3.63, 3.8) is 0 Å². The summed E-state index contributed by atoms with van der Waals surface area (Å²) in [5, 5.41) is 9.65. The molecule has 2 aromatic rings. The number of aldehydes is 1. The Bertz CT molecular complexity index is 1330. The minimum absolute atomic E-state index is 0.0587. The Morgan fingerprint density at radius 1 is 1.12 bits per heavy atom. The number of nitrogens with two attached hydrogens (primary N) is 2. The number of anilines is 1. The van der Waals surface area contributed by atoms with Crippen LogP contribution in [0.25, 0.3) is 0 Å². The standard InChI is InChI=1S/C21H28N6O5S.C2HF3O2/c22-21(23)24-11-4-8-17(15-28)25-19(29)14-27-12-5-9-18(20(27)30)26-33(31,32)13-10-16-6-2-1-3-7-16;3-2(4,5)1(6)7/h1-3,5-7,9,12,15,17,26H,4,8,10-11,13-14H2,(H,25,29)(H4,22,23,24);(H,6,7)/t17-;/m0./s1. The summed E-state index contributed by atoms with van der Waals surface area (Å²) < 4.78 is 59.9. The highest BCUT2D eigenvalue weighted by Crippen LogP contribution is 2.13. The molecule has 0 saturated heterocycles. The van der Waals surface area contributed by atoms with E-state index in [0.29, 0.717) is 25.7 Å². The zero-order chi connectivity index (χ0) is 30.3. The molecule has 0 aliphatic carbocycles. The van der Waals surface area contributed by atoms with Crippen molar-refractivity contribution in [2.75, 3.05) is 17.0 Å². The summed E-state index contributed by atoms with van der Waals surface area (Å²) in [5.41, 5.74) is 10.5. The number of hydrogen-bond acceptors (Lipinski definition) is 7. The van der Waals surface area contributed by atoms with Crippen molar-refractivity contribution in [2.45, 2.75) is 38.0 Å². The molecule has 0 aliphatic heterocycles. The van der Waals surface area contributed by atoms with Crippen LogP contribution in [-0.4, -0.2) is 66.7 Å². The first-order chi connectivity index (χ1) is 18.6. The van der Waals surface area contributed by atoms with Gasteiger partial charge in [0.05, 0.1) is 11.8 Å². The topological polar surface area (TPSA) is 216 Å². The summed E-state index contributed by atoms with van der Waals surface area (Å²) in [7, 11) is -3.78. The maximum atomic E-state index is 12.6. The first kappa shape index (κ1) is 33.6. The smallest absolute Gasteiger partial charge is 0.475 e. The Balaban J connectivity index is 0.00000101. The minimum atomic E-state index is -5.08. The Hall–Kier alpha value is -4.41. The van der Waals surface area contributed by atoms with Crippen LogP contribution in [0.2, 0.25) is 0 Å². The number of aliphatic imine (C=N–C) groups is 1. The molecular formula is C23H29F3N6O7S. The van der Waals surface area contributed by atoms with Gasteiger partial charge in [-0.15, -0.1) is 0 Å². The molecule has 0 fully saturated rings. The van der Waals surface area contributed by atoms with E-state index in [9.17, 15) is 36.0 Å². The number of pyridine rings is 1. The number of alkyl halides is 3. The molecule has 0 spiro atoms. The minimum Gasteiger partial charge on any atom is -0.475 e. The van der Waals surface area contributed by atoms with E-state index in [1.807, 2.05) is 30.3 Å². The highest BCUT2D eigenvalue weighted by atomic mass is 32.2. The predicted octanol–water partition coefficient (Wildman–Crippen LogP) is 0.203. The quantitative estimate of drug-likeness (QED) is 0.0931. The fourth-order valence-corrected chi connectivity index (χ4v) is 4.05. The van der Waals surface area contributed by atoms with Crippen molar-refractivity contribution in [3.8, 4) is 0 Å². The van der Waals surface area contributed by atoms with Crippen LogP contribution < -0.4 is 27.1 Å². The van der Waals surface area contributed by atoms with Crippen molar-refractivity contribution in [2.24, 2.45) is 16.5 Å². The van der Waals surface area contributed by atoms with Gasteiger partial charge in [-0.05, 0) is 37.0 Å². The van der Waals surface area contributed by atoms with E-state index in [0.717, 1.165) is 10.1 Å². The summed E-state index contributed by atoms with van der Waals surface area (Å²) in [6.07, 6.45) is -2.05. The number of guanidine groups is 1. The van der Waals surface area contributed by atoms with Crippen LogP contribution in [0, 0.1) is 0 Å². The molecule has 0 aliphatic rings. The lowest BCUT2D eigenvalue weighted by Crippen LogP contribution is -2.40. The SMILES string of the molecule is NC(N)=NCCC[C@@H](C=O)NC(=O)Cn1cccc(NS(=O)(=O)CCc2ccccc2)c1=O.O=C(O)C(F)(F)F. The van der Waals surface area contributed by atoms with E-state index >= 15 is 0 Å². The van der Waals surface area contributed by atoms with Gasteiger partial charge in [-0.1, -0.05) is 30.3 Å². The second-order valence-corrected chi connectivity index (χ2v) is 9.92. The van der Waals surface area contributed by atoms with E-state index in [1.165, 1.54) is 18.3 Å². The molecule has 0 saturated carbocycles. The molecule has 1 aromatic carbocycles. The average Bonchev–Trinajstić information content (AvgIpc) is 2.87. The van der Waals surface area contributed by atoms with Gasteiger partial charge < -0.3 is 31.3 Å². The van der Waals surface area contributed by atoms with Crippen molar-refractivity contribution in [3.05, 3.63) is 64.6 Å². The molecule has 220 valence electrons. The molecule has 1 heterocycles. The van der Waals surface area contributed by atoms with E-state index in [4.69, 9.17) is 21.4 Å². The van der Waals surface area contributed by atoms with Gasteiger partial charge >= 0.3 is 12.1 Å². The number of sulfonamides is 1. The first-order valence-electron chi connectivity index (χ1n) is 11.5. The van der Waals surface area contributed by atoms with E-state index in [2.05, 4.69) is 15.0 Å². The second-order valence-electron chi connectivity index (χ2n) is 8.07. The number of aromatic nitrogens is 1. The van der Waals surface area contributed by atoms with Crippen LogP contribution >= 0.6 is 0 Å². The molecule has 1 aromatic heterocycles. The summed E-state index contributed by atoms with van der Waals surface area (Å²) in [6, 6.07) is 11.1. The number of aryl methyl sites for hydroxylation is 1. The number of aliphatic carboxylic acids is 1. The number of nitrogens with zero attached hydrogens (tertiary/aromatic N) is 2. The molecule has 1 amide bonds. The number of amides is 1. The molecule has 2 rings (SSSR count). The van der Waals surface area contributed by atoms with E-state index < -0.39 is 39.7 Å². The van der Waals surface area contributed by atoms with E-state index in [1.54, 1.807) is 0 Å². The predicted molar refractivity (Wildman–Crippen MR) is 140 cm³/mol. The molecule has 0 radical (unpaired) electrons. The number of rotatable bonds is 13. The number of carbonyl (C=O) groups is 3. The van der Waals surface area contributed by atoms with Crippen LogP contribution in [0.15, 0.2) is 58.4 Å². The van der Waals surface area contributed by atoms with Crippen molar-refractivity contribution < 1.29 is 41.1 Å². The van der Waals surface area contributed by atoms with Crippen molar-refractivity contribution >= 4 is 39.8 Å². The molecule has 0 bridgehead atoms. The fourth-order valence-electron chi connectivity index (χ4n) is 2.96. The molecule has 1 atom stereocenters. The van der Waals surface area contributed by atoms with Gasteiger partial charge in [-0.25, -0.2) is 13.2 Å². The van der Waals surface area contributed by atoms with Gasteiger partial charge in [-0.2, -0.15) is 13.2 Å². The zero-order valence-electron chi connectivity index (χ0n) is 21.0. The van der Waals surface area contributed by atoms with Crippen LogP contribution in [-0.2, 0) is 37.4 Å². The largest absolute Gasteiger partial charge is 0.490 e. The zero-order valence-corrected chi connectivity index (χ0v) is 21.8. The number of carboxylic acid groups (broad SMARTS) is 1. The molecular weight excluding hydrogens is 561 g/mol. The van der Waals surface area contributed by atoms with Crippen LogP contribution in [0.1, 0.15) is 18.4 Å². The highest BCUT2D eigenvalue weighted by molar-refractivity contribution is 7.92. The normalized spacial score (nSPS) is 11.8. The fraction of sp³-hybridized carbons (Fsp3) is 0.348. The van der Waals surface area contributed by atoms with Gasteiger partial charge in [0, 0.05) is 12.7 Å². The number of carbonyl (C=O) groups excluding carboxylic acids is 2. The molecule has 13 nitrogen and oxygen atoms in total. The first-order valence-corrected chi connectivity index (χ1v) is 13.1. The Kier molecular flexibility index (Phi) is 13.3. The number of carboxylic acids is 1. The monoisotopic (exact) mass is 590 g/mol. The van der Waals surface area contributed by atoms with Gasteiger partial charge in [0.2, 0.25) is 15.9 Å². The molecule has 17 heteroatoms. The summed E-state index contributed by atoms with van der Waals surface area (Å²) in [4.78, 5) is 48.8. The number of hydrogen-bond donors (Lipinski definition) is 5. The van der Waals surface area contributed by atoms with Crippen LogP contribution in [0.4, 0.5) is 18.9 Å². The Morgan fingerprint density at radius 2 is 1.75 bits per heavy atom. The van der Waals surface area contributed by atoms with E-state index in [-0.39, 0.29) is 30.4 Å². The summed E-state index contributed by atoms with van der Waals surface area (Å²) >= 11 is 0. The Labute approximate surface area is 227 Å². The van der Waals surface area contributed by atoms with Gasteiger partial charge in [-0.3, -0.25) is 19.3 Å². The lowest BCUT2D eigenvalue weighted by molar-refractivity contribution is -0.192. The third-order valence-electron chi connectivity index (χ3n) is 4.82. The summed E-state index contributed by atoms with van der Waals surface area (Å²) in [5.74, 6) is -3.59. The highest BCUT2D eigenvalue weighted by Gasteiger charge is 2.38. The average molecular weight is 591 g/mol. The molecule has 7 N–H and O–H groups in total. The number of nitrogens with one attached hydrogen (secondary N) is 2. The maximum Gasteiger partial charge on any atom is 0.490 e. The lowest BCUT2D eigenvalue weighted by Gasteiger charge is -2.14. The lowest BCUT2D eigenvalue weighted by atomic mass is 10.2. The van der Waals surface area contributed by atoms with Gasteiger partial charge in [0.25, 0.3) is 5.56 Å². The van der Waals surface area contributed by atoms with Gasteiger partial charge in [0.1, 0.15) is 18.5 Å². The number of benzene rings is 1. The summed E-state index contributed by atoms with van der Waals surface area (Å²) in [6.45, 7) is -0.0644. The van der Waals surface area contributed by atoms with Gasteiger partial charge in [0.15, 0.2) is 5.96 Å². The molecule has 40 heavy (non-hydrogen) atoms. The Morgan fingerprint density at radius 3 is 2.30 bits per heavy atom. The maximum absolute atomic E-state index is 12.6. The van der Waals surface area contributed by atoms with Crippen molar-refractivity contribution in [1.29, 1.82) is 0 Å². The third kappa shape index (κ3) is 13.4. The number of halogens is 3.